The van der Waals surface area contributed by atoms with Gasteiger partial charge in [0.15, 0.2) is 0 Å². The Labute approximate surface area is 136 Å². The van der Waals surface area contributed by atoms with Gasteiger partial charge in [-0.1, -0.05) is 12.8 Å². The van der Waals surface area contributed by atoms with Crippen LogP contribution in [-0.2, 0) is 9.59 Å². The van der Waals surface area contributed by atoms with E-state index < -0.39 is 35.6 Å². The van der Waals surface area contributed by atoms with Gasteiger partial charge >= 0.3 is 6.18 Å². The zero-order valence-corrected chi connectivity index (χ0v) is 13.0. The van der Waals surface area contributed by atoms with Crippen molar-refractivity contribution in [2.24, 2.45) is 11.8 Å². The van der Waals surface area contributed by atoms with E-state index in [1.54, 1.807) is 0 Å². The van der Waals surface area contributed by atoms with Crippen LogP contribution in [0.1, 0.15) is 32.6 Å². The van der Waals surface area contributed by atoms with Crippen LogP contribution < -0.4 is 10.6 Å². The second kappa shape index (κ2) is 7.19. The second-order valence-corrected chi connectivity index (χ2v) is 5.90. The van der Waals surface area contributed by atoms with Crippen LogP contribution in [0.3, 0.4) is 0 Å². The molecule has 1 aliphatic carbocycles. The first-order valence-corrected chi connectivity index (χ1v) is 7.63. The Morgan fingerprint density at radius 3 is 2.42 bits per heavy atom. The maximum absolute atomic E-state index is 13.6. The summed E-state index contributed by atoms with van der Waals surface area (Å²) in [5.74, 6) is -4.76. The lowest BCUT2D eigenvalue weighted by Gasteiger charge is -2.32. The summed E-state index contributed by atoms with van der Waals surface area (Å²) in [4.78, 5) is 23.3. The van der Waals surface area contributed by atoms with E-state index in [0.717, 1.165) is 6.07 Å². The molecule has 0 aliphatic heterocycles. The average Bonchev–Trinajstić information content (AvgIpc) is 2.49. The number of amides is 2. The number of benzene rings is 1. The number of carbonyl (C=O) groups excluding carboxylic acids is 2. The molecule has 24 heavy (non-hydrogen) atoms. The molecule has 2 atom stereocenters. The number of anilines is 2. The summed E-state index contributed by atoms with van der Waals surface area (Å²) in [5, 5.41) is 4.65. The predicted octanol–water partition coefficient (Wildman–Crippen LogP) is 4.09. The number of hydrogen-bond donors (Lipinski definition) is 2. The summed E-state index contributed by atoms with van der Waals surface area (Å²) in [6, 6.07) is 3.45. The minimum Gasteiger partial charge on any atom is -0.326 e. The largest absolute Gasteiger partial charge is 0.392 e. The molecule has 1 aliphatic rings. The number of nitrogens with one attached hydrogen (secondary N) is 2. The number of alkyl halides is 3. The fourth-order valence-corrected chi connectivity index (χ4v) is 2.96. The second-order valence-electron chi connectivity index (χ2n) is 5.90. The molecule has 1 fully saturated rings. The van der Waals surface area contributed by atoms with Gasteiger partial charge < -0.3 is 10.6 Å². The van der Waals surface area contributed by atoms with Gasteiger partial charge in [-0.2, -0.15) is 13.2 Å². The SMILES string of the molecule is CC(=O)Nc1cc(NC(=O)C2CCCCC2C(F)(F)F)ccc1F. The maximum atomic E-state index is 13.6. The zero-order chi connectivity index (χ0) is 17.9. The Kier molecular flexibility index (Phi) is 5.46. The minimum atomic E-state index is -4.42. The molecule has 0 aromatic heterocycles. The summed E-state index contributed by atoms with van der Waals surface area (Å²) >= 11 is 0. The Morgan fingerprint density at radius 2 is 1.79 bits per heavy atom. The average molecular weight is 346 g/mol. The van der Waals surface area contributed by atoms with Gasteiger partial charge in [0.1, 0.15) is 5.82 Å². The van der Waals surface area contributed by atoms with Gasteiger partial charge in [-0.25, -0.2) is 4.39 Å². The summed E-state index contributed by atoms with van der Waals surface area (Å²) < 4.78 is 52.8. The first-order valence-electron chi connectivity index (χ1n) is 7.63. The van der Waals surface area contributed by atoms with Crippen LogP contribution in [0.15, 0.2) is 18.2 Å². The van der Waals surface area contributed by atoms with Crippen molar-refractivity contribution in [2.45, 2.75) is 38.8 Å². The van der Waals surface area contributed by atoms with E-state index in [2.05, 4.69) is 10.6 Å². The molecule has 8 heteroatoms. The molecule has 0 spiro atoms. The molecular formula is C16H18F4N2O2. The van der Waals surface area contributed by atoms with Crippen LogP contribution in [0.5, 0.6) is 0 Å². The number of carbonyl (C=O) groups is 2. The lowest BCUT2D eigenvalue weighted by Crippen LogP contribution is -2.39. The van der Waals surface area contributed by atoms with Gasteiger partial charge in [-0.15, -0.1) is 0 Å². The van der Waals surface area contributed by atoms with Crippen LogP contribution in [0, 0.1) is 17.7 Å². The summed E-state index contributed by atoms with van der Waals surface area (Å²) in [5.41, 5.74) is -0.00652. The number of rotatable bonds is 3. The molecule has 0 saturated heterocycles. The van der Waals surface area contributed by atoms with Crippen molar-refractivity contribution in [2.75, 3.05) is 10.6 Å². The third-order valence-corrected chi connectivity index (χ3v) is 4.07. The van der Waals surface area contributed by atoms with Gasteiger partial charge in [0.25, 0.3) is 0 Å². The zero-order valence-electron chi connectivity index (χ0n) is 13.0. The first kappa shape index (κ1) is 18.2. The van der Waals surface area contributed by atoms with Crippen LogP contribution in [0.4, 0.5) is 28.9 Å². The monoisotopic (exact) mass is 346 g/mol. The molecule has 1 aromatic rings. The Balaban J connectivity index is 2.15. The quantitative estimate of drug-likeness (QED) is 0.810. The topological polar surface area (TPSA) is 58.2 Å². The van der Waals surface area contributed by atoms with Gasteiger partial charge in [0, 0.05) is 18.5 Å². The van der Waals surface area contributed by atoms with Crippen molar-refractivity contribution in [3.8, 4) is 0 Å². The predicted molar refractivity (Wildman–Crippen MR) is 80.8 cm³/mol. The van der Waals surface area contributed by atoms with E-state index in [1.165, 1.54) is 19.1 Å². The highest BCUT2D eigenvalue weighted by Gasteiger charge is 2.48. The molecule has 132 valence electrons. The molecule has 0 heterocycles. The van der Waals surface area contributed by atoms with Crippen LogP contribution in [0.2, 0.25) is 0 Å². The molecule has 4 nitrogen and oxygen atoms in total. The summed E-state index contributed by atoms with van der Waals surface area (Å²) in [7, 11) is 0. The van der Waals surface area contributed by atoms with E-state index in [0.29, 0.717) is 12.8 Å². The van der Waals surface area contributed by atoms with Crippen molar-refractivity contribution >= 4 is 23.2 Å². The van der Waals surface area contributed by atoms with E-state index in [1.807, 2.05) is 0 Å². The van der Waals surface area contributed by atoms with Gasteiger partial charge in [0.05, 0.1) is 11.6 Å². The number of hydrogen-bond acceptors (Lipinski definition) is 2. The van der Waals surface area contributed by atoms with E-state index in [4.69, 9.17) is 0 Å². The molecular weight excluding hydrogens is 328 g/mol. The molecule has 2 unspecified atom stereocenters. The van der Waals surface area contributed by atoms with Gasteiger partial charge in [-0.3, -0.25) is 9.59 Å². The van der Waals surface area contributed by atoms with Crippen LogP contribution in [0.25, 0.3) is 0 Å². The van der Waals surface area contributed by atoms with Gasteiger partial charge in [0.2, 0.25) is 11.8 Å². The van der Waals surface area contributed by atoms with Crippen molar-refractivity contribution in [1.29, 1.82) is 0 Å². The fraction of sp³-hybridized carbons (Fsp3) is 0.500. The third-order valence-electron chi connectivity index (χ3n) is 4.07. The van der Waals surface area contributed by atoms with Crippen molar-refractivity contribution in [3.05, 3.63) is 24.0 Å². The standard InChI is InChI=1S/C16H18F4N2O2/c1-9(23)21-14-8-10(6-7-13(14)17)22-15(24)11-4-2-3-5-12(11)16(18,19)20/h6-8,11-12H,2-5H2,1H3,(H,21,23)(H,22,24). The lowest BCUT2D eigenvalue weighted by molar-refractivity contribution is -0.197. The Morgan fingerprint density at radius 1 is 1.12 bits per heavy atom. The normalized spacial score (nSPS) is 21.2. The first-order chi connectivity index (χ1) is 11.2. The summed E-state index contributed by atoms with van der Waals surface area (Å²) in [6.45, 7) is 1.20. The molecule has 0 radical (unpaired) electrons. The maximum Gasteiger partial charge on any atom is 0.392 e. The molecule has 1 aromatic carbocycles. The summed E-state index contributed by atoms with van der Waals surface area (Å²) in [6.07, 6.45) is -3.33. The number of halogens is 4. The molecule has 2 amide bonds. The van der Waals surface area contributed by atoms with Crippen LogP contribution >= 0.6 is 0 Å². The van der Waals surface area contributed by atoms with E-state index >= 15 is 0 Å². The minimum absolute atomic E-state index is 0.0673. The molecule has 2 rings (SSSR count). The van der Waals surface area contributed by atoms with Crippen molar-refractivity contribution in [3.63, 3.8) is 0 Å². The third kappa shape index (κ3) is 4.46. The molecule has 1 saturated carbocycles. The Bertz CT molecular complexity index is 631. The van der Waals surface area contributed by atoms with E-state index in [-0.39, 0.29) is 24.2 Å². The fourth-order valence-electron chi connectivity index (χ4n) is 2.96. The Hall–Kier alpha value is -2.12. The smallest absolute Gasteiger partial charge is 0.326 e. The molecule has 0 bridgehead atoms. The molecule has 2 N–H and O–H groups in total. The van der Waals surface area contributed by atoms with Crippen molar-refractivity contribution < 1.29 is 27.2 Å². The van der Waals surface area contributed by atoms with Crippen LogP contribution in [-0.4, -0.2) is 18.0 Å². The van der Waals surface area contributed by atoms with Gasteiger partial charge in [-0.05, 0) is 31.0 Å². The highest BCUT2D eigenvalue weighted by molar-refractivity contribution is 5.94. The van der Waals surface area contributed by atoms with Crippen molar-refractivity contribution in [1.82, 2.24) is 0 Å². The highest BCUT2D eigenvalue weighted by atomic mass is 19.4. The highest BCUT2D eigenvalue weighted by Crippen LogP contribution is 2.42. The van der Waals surface area contributed by atoms with E-state index in [9.17, 15) is 27.2 Å². The lowest BCUT2D eigenvalue weighted by atomic mass is 9.78.